The van der Waals surface area contributed by atoms with Crippen molar-refractivity contribution in [3.63, 3.8) is 0 Å². The van der Waals surface area contributed by atoms with Gasteiger partial charge in [0.25, 0.3) is 0 Å². The van der Waals surface area contributed by atoms with Crippen molar-refractivity contribution >= 4 is 11.9 Å². The first-order chi connectivity index (χ1) is 11.0. The van der Waals surface area contributed by atoms with Crippen LogP contribution in [0.2, 0.25) is 0 Å². The number of carboxylic acid groups (broad SMARTS) is 2. The first-order valence-corrected chi connectivity index (χ1v) is 8.44. The Morgan fingerprint density at radius 2 is 1.58 bits per heavy atom. The number of aliphatic hydroxyl groups excluding tert-OH is 1. The predicted molar refractivity (Wildman–Crippen MR) is 86.3 cm³/mol. The quantitative estimate of drug-likeness (QED) is 0.118. The third-order valence-corrected chi connectivity index (χ3v) is 4.08. The standard InChI is InChI=1S/C17H31NO5.K/c1-2-3-4-5-6-7-12-18(15-19,13-8-10-16(20)21)14-9-11-17(22)23;/h2-3,19H,4-15H2,1H3,(H-,20,21,22,23);/q;+1/b3-2+;. The minimum atomic E-state index is -1.09. The van der Waals surface area contributed by atoms with E-state index in [0.717, 1.165) is 32.2 Å². The van der Waals surface area contributed by atoms with Crippen molar-refractivity contribution in [1.29, 1.82) is 0 Å². The molecule has 0 spiro atoms. The molecule has 7 heteroatoms. The van der Waals surface area contributed by atoms with Crippen LogP contribution in [-0.4, -0.2) is 53.0 Å². The van der Waals surface area contributed by atoms with Crippen molar-refractivity contribution in [2.24, 2.45) is 0 Å². The molecule has 0 bridgehead atoms. The molecule has 0 aliphatic carbocycles. The van der Waals surface area contributed by atoms with E-state index in [1.54, 1.807) is 0 Å². The van der Waals surface area contributed by atoms with E-state index in [1.807, 2.05) is 13.0 Å². The van der Waals surface area contributed by atoms with Gasteiger partial charge in [-0.05, 0) is 39.0 Å². The van der Waals surface area contributed by atoms with Crippen LogP contribution in [0.5, 0.6) is 0 Å². The zero-order valence-electron chi connectivity index (χ0n) is 15.2. The molecule has 0 saturated carbocycles. The number of aliphatic carboxylic acids is 2. The van der Waals surface area contributed by atoms with Crippen LogP contribution in [0.25, 0.3) is 0 Å². The van der Waals surface area contributed by atoms with Crippen LogP contribution >= 0.6 is 0 Å². The smallest absolute Gasteiger partial charge is 0.550 e. The molecule has 1 atom stereocenters. The fourth-order valence-electron chi connectivity index (χ4n) is 2.72. The first kappa shape index (κ1) is 26.5. The molecular weight excluding hydrogens is 337 g/mol. The predicted octanol–water partition coefficient (Wildman–Crippen LogP) is -1.71. The number of quaternary nitrogens is 1. The number of hydrogen-bond donors (Lipinski definition) is 2. The number of carbonyl (C=O) groups excluding carboxylic acids is 1. The fourth-order valence-corrected chi connectivity index (χ4v) is 2.72. The molecule has 0 aromatic rings. The fraction of sp³-hybridized carbons (Fsp3) is 0.765. The molecule has 0 aromatic carbocycles. The van der Waals surface area contributed by atoms with Crippen LogP contribution in [0.1, 0.15) is 58.3 Å². The van der Waals surface area contributed by atoms with Crippen LogP contribution in [0.15, 0.2) is 12.2 Å². The van der Waals surface area contributed by atoms with Crippen LogP contribution in [0, 0.1) is 0 Å². The van der Waals surface area contributed by atoms with Gasteiger partial charge in [-0.3, -0.25) is 4.79 Å². The maximum atomic E-state index is 10.7. The normalized spacial score (nSPS) is 13.4. The number of rotatable bonds is 15. The van der Waals surface area contributed by atoms with Crippen molar-refractivity contribution in [3.8, 4) is 0 Å². The number of allylic oxidation sites excluding steroid dienone is 2. The summed E-state index contributed by atoms with van der Waals surface area (Å²) in [5.41, 5.74) is 0. The largest absolute Gasteiger partial charge is 1.00 e. The second-order valence-electron chi connectivity index (χ2n) is 6.05. The Morgan fingerprint density at radius 3 is 2.08 bits per heavy atom. The van der Waals surface area contributed by atoms with Crippen molar-refractivity contribution in [1.82, 2.24) is 0 Å². The topological polar surface area (TPSA) is 97.7 Å². The van der Waals surface area contributed by atoms with E-state index in [9.17, 15) is 19.8 Å². The molecule has 0 rings (SSSR count). The van der Waals surface area contributed by atoms with Crippen molar-refractivity contribution < 1.29 is 80.8 Å². The minimum Gasteiger partial charge on any atom is -0.550 e. The van der Waals surface area contributed by atoms with Gasteiger partial charge in [-0.1, -0.05) is 12.2 Å². The number of unbranched alkanes of at least 4 members (excludes halogenated alkanes) is 3. The van der Waals surface area contributed by atoms with Crippen LogP contribution in [0.4, 0.5) is 0 Å². The van der Waals surface area contributed by atoms with Gasteiger partial charge in [-0.2, -0.15) is 0 Å². The van der Waals surface area contributed by atoms with Gasteiger partial charge < -0.3 is 24.6 Å². The molecule has 2 N–H and O–H groups in total. The van der Waals surface area contributed by atoms with E-state index in [2.05, 4.69) is 6.08 Å². The molecule has 0 aliphatic heterocycles. The molecule has 0 fully saturated rings. The summed E-state index contributed by atoms with van der Waals surface area (Å²) >= 11 is 0. The van der Waals surface area contributed by atoms with Gasteiger partial charge in [-0.25, -0.2) is 0 Å². The second-order valence-corrected chi connectivity index (χ2v) is 6.05. The molecule has 1 unspecified atom stereocenters. The van der Waals surface area contributed by atoms with Gasteiger partial charge >= 0.3 is 57.4 Å². The molecule has 0 saturated heterocycles. The summed E-state index contributed by atoms with van der Waals surface area (Å²) in [6.45, 7) is 3.76. The van der Waals surface area contributed by atoms with Gasteiger partial charge in [0.05, 0.1) is 26.1 Å². The SMILES string of the molecule is C/C=C/CCCCC[N+](CO)(CCCC(=O)[O-])CCCC(=O)O.[K+]. The Hall–Kier alpha value is 0.236. The van der Waals surface area contributed by atoms with Gasteiger partial charge in [-0.15, -0.1) is 0 Å². The third kappa shape index (κ3) is 14.6. The summed E-state index contributed by atoms with van der Waals surface area (Å²) in [4.78, 5) is 21.2. The summed E-state index contributed by atoms with van der Waals surface area (Å²) in [6, 6.07) is 0. The Morgan fingerprint density at radius 1 is 1.00 bits per heavy atom. The van der Waals surface area contributed by atoms with E-state index < -0.39 is 11.9 Å². The molecular formula is C17H31KNO5+. The maximum Gasteiger partial charge on any atom is 1.00 e. The number of aliphatic hydroxyl groups is 1. The molecule has 24 heavy (non-hydrogen) atoms. The van der Waals surface area contributed by atoms with Crippen molar-refractivity contribution in [2.75, 3.05) is 26.4 Å². The summed E-state index contributed by atoms with van der Waals surface area (Å²) in [5, 5.41) is 29.1. The zero-order valence-corrected chi connectivity index (χ0v) is 18.3. The first-order valence-electron chi connectivity index (χ1n) is 8.44. The molecule has 6 nitrogen and oxygen atoms in total. The molecule has 134 valence electrons. The van der Waals surface area contributed by atoms with Crippen LogP contribution in [-0.2, 0) is 9.59 Å². The number of nitrogens with zero attached hydrogens (tertiary/aromatic N) is 1. The average Bonchev–Trinajstić information content (AvgIpc) is 2.49. The van der Waals surface area contributed by atoms with E-state index in [1.165, 1.54) is 0 Å². The number of hydrogen-bond acceptors (Lipinski definition) is 4. The van der Waals surface area contributed by atoms with Gasteiger partial charge in [0.15, 0.2) is 6.73 Å². The van der Waals surface area contributed by atoms with E-state index in [0.29, 0.717) is 30.4 Å². The summed E-state index contributed by atoms with van der Waals surface area (Å²) in [5.74, 6) is -1.93. The van der Waals surface area contributed by atoms with Gasteiger partial charge in [0.1, 0.15) is 0 Å². The zero-order chi connectivity index (χ0) is 17.6. The second kappa shape index (κ2) is 16.7. The Bertz CT molecular complexity index is 354. The third-order valence-electron chi connectivity index (χ3n) is 4.08. The van der Waals surface area contributed by atoms with Crippen LogP contribution in [0.3, 0.4) is 0 Å². The number of carbonyl (C=O) groups is 2. The van der Waals surface area contributed by atoms with E-state index >= 15 is 0 Å². The Kier molecular flexibility index (Phi) is 18.4. The van der Waals surface area contributed by atoms with E-state index in [-0.39, 0.29) is 71.0 Å². The Labute approximate surface area is 187 Å². The monoisotopic (exact) mass is 368 g/mol. The van der Waals surface area contributed by atoms with Crippen molar-refractivity contribution in [3.05, 3.63) is 12.2 Å². The van der Waals surface area contributed by atoms with Crippen LogP contribution < -0.4 is 56.5 Å². The Balaban J connectivity index is 0. The average molecular weight is 369 g/mol. The summed E-state index contributed by atoms with van der Waals surface area (Å²) in [6.07, 6.45) is 9.24. The minimum absolute atomic E-state index is 0. The summed E-state index contributed by atoms with van der Waals surface area (Å²) in [7, 11) is 0. The molecule has 0 radical (unpaired) electrons. The number of carboxylic acids is 2. The van der Waals surface area contributed by atoms with Gasteiger partial charge in [0.2, 0.25) is 0 Å². The van der Waals surface area contributed by atoms with E-state index in [4.69, 9.17) is 5.11 Å². The molecule has 0 amide bonds. The maximum absolute atomic E-state index is 10.7. The molecule has 0 aromatic heterocycles. The van der Waals surface area contributed by atoms with Gasteiger partial charge in [0, 0.05) is 18.8 Å². The molecule has 0 aliphatic rings. The molecule has 0 heterocycles. The van der Waals surface area contributed by atoms with Crippen molar-refractivity contribution in [2.45, 2.75) is 58.3 Å². The summed E-state index contributed by atoms with van der Waals surface area (Å²) < 4.78 is 0.379.